The molecule has 0 aliphatic heterocycles. The molecule has 0 aliphatic rings. The van der Waals surface area contributed by atoms with Crippen LogP contribution in [0.25, 0.3) is 0 Å². The van der Waals surface area contributed by atoms with E-state index in [4.69, 9.17) is 17.3 Å². The van der Waals surface area contributed by atoms with Gasteiger partial charge in [-0.2, -0.15) is 0 Å². The highest BCUT2D eigenvalue weighted by atomic mass is 35.5. The SMILES string of the molecule is Nc1cc(=O)[nH]c(Cc2cccc(Cl)c2)n1. The summed E-state index contributed by atoms with van der Waals surface area (Å²) in [6.45, 7) is 0. The number of benzene rings is 1. The Bertz CT molecular complexity index is 565. The molecule has 1 aromatic carbocycles. The van der Waals surface area contributed by atoms with Crippen molar-refractivity contribution in [3.63, 3.8) is 0 Å². The number of hydrogen-bond acceptors (Lipinski definition) is 3. The van der Waals surface area contributed by atoms with Crippen LogP contribution in [0.15, 0.2) is 35.1 Å². The molecule has 82 valence electrons. The second kappa shape index (κ2) is 4.37. The van der Waals surface area contributed by atoms with Crippen LogP contribution < -0.4 is 11.3 Å². The highest BCUT2D eigenvalue weighted by Gasteiger charge is 2.01. The molecular formula is C11H10ClN3O. The Kier molecular flexibility index (Phi) is 2.92. The number of nitrogens with zero attached hydrogens (tertiary/aromatic N) is 1. The van der Waals surface area contributed by atoms with Gasteiger partial charge >= 0.3 is 0 Å². The number of aromatic amines is 1. The highest BCUT2D eigenvalue weighted by molar-refractivity contribution is 6.30. The van der Waals surface area contributed by atoms with Crippen molar-refractivity contribution in [1.82, 2.24) is 9.97 Å². The third kappa shape index (κ3) is 2.61. The van der Waals surface area contributed by atoms with E-state index in [2.05, 4.69) is 9.97 Å². The summed E-state index contributed by atoms with van der Waals surface area (Å²) in [5.41, 5.74) is 6.21. The summed E-state index contributed by atoms with van der Waals surface area (Å²) in [7, 11) is 0. The molecular weight excluding hydrogens is 226 g/mol. The van der Waals surface area contributed by atoms with Gasteiger partial charge in [0.1, 0.15) is 11.6 Å². The van der Waals surface area contributed by atoms with E-state index < -0.39 is 0 Å². The molecule has 0 saturated heterocycles. The van der Waals surface area contributed by atoms with E-state index in [1.54, 1.807) is 6.07 Å². The molecule has 0 fully saturated rings. The average molecular weight is 236 g/mol. The summed E-state index contributed by atoms with van der Waals surface area (Å²) in [6.07, 6.45) is 0.501. The van der Waals surface area contributed by atoms with Gasteiger partial charge in [0.15, 0.2) is 0 Å². The lowest BCUT2D eigenvalue weighted by Crippen LogP contribution is -2.12. The average Bonchev–Trinajstić information content (AvgIpc) is 2.15. The van der Waals surface area contributed by atoms with E-state index in [9.17, 15) is 4.79 Å². The van der Waals surface area contributed by atoms with Gasteiger partial charge in [-0.3, -0.25) is 4.79 Å². The number of nitrogens with two attached hydrogens (primary N) is 1. The van der Waals surface area contributed by atoms with Crippen molar-refractivity contribution in [2.75, 3.05) is 5.73 Å². The Hall–Kier alpha value is -1.81. The lowest BCUT2D eigenvalue weighted by Gasteiger charge is -2.02. The second-order valence-electron chi connectivity index (χ2n) is 3.42. The van der Waals surface area contributed by atoms with Crippen LogP contribution in [0.1, 0.15) is 11.4 Å². The summed E-state index contributed by atoms with van der Waals surface area (Å²) in [5.74, 6) is 0.757. The summed E-state index contributed by atoms with van der Waals surface area (Å²) < 4.78 is 0. The first-order valence-electron chi connectivity index (χ1n) is 4.73. The topological polar surface area (TPSA) is 71.8 Å². The van der Waals surface area contributed by atoms with E-state index in [-0.39, 0.29) is 11.4 Å². The van der Waals surface area contributed by atoms with Gasteiger partial charge in [-0.05, 0) is 17.7 Å². The van der Waals surface area contributed by atoms with Crippen molar-refractivity contribution >= 4 is 17.4 Å². The lowest BCUT2D eigenvalue weighted by molar-refractivity contribution is 0.952. The van der Waals surface area contributed by atoms with Gasteiger partial charge < -0.3 is 10.7 Å². The number of nitrogen functional groups attached to an aromatic ring is 1. The number of rotatable bonds is 2. The molecule has 5 heteroatoms. The first kappa shape index (κ1) is 10.7. The molecule has 0 spiro atoms. The van der Waals surface area contributed by atoms with Crippen LogP contribution in [0.5, 0.6) is 0 Å². The first-order valence-corrected chi connectivity index (χ1v) is 5.11. The highest BCUT2D eigenvalue weighted by Crippen LogP contribution is 2.12. The Morgan fingerprint density at radius 3 is 2.88 bits per heavy atom. The number of nitrogens with one attached hydrogen (secondary N) is 1. The van der Waals surface area contributed by atoms with E-state index in [0.29, 0.717) is 17.3 Å². The maximum absolute atomic E-state index is 11.2. The van der Waals surface area contributed by atoms with Gasteiger partial charge in [-0.1, -0.05) is 23.7 Å². The third-order valence-electron chi connectivity index (χ3n) is 2.07. The minimum atomic E-state index is -0.246. The van der Waals surface area contributed by atoms with Gasteiger partial charge in [-0.25, -0.2) is 4.98 Å². The summed E-state index contributed by atoms with van der Waals surface area (Å²) >= 11 is 5.86. The molecule has 1 heterocycles. The molecule has 4 nitrogen and oxygen atoms in total. The number of anilines is 1. The van der Waals surface area contributed by atoms with Gasteiger partial charge in [-0.15, -0.1) is 0 Å². The van der Waals surface area contributed by atoms with E-state index >= 15 is 0 Å². The summed E-state index contributed by atoms with van der Waals surface area (Å²) in [4.78, 5) is 17.8. The van der Waals surface area contributed by atoms with Crippen molar-refractivity contribution < 1.29 is 0 Å². The predicted molar refractivity (Wildman–Crippen MR) is 63.5 cm³/mol. The fourth-order valence-corrected chi connectivity index (χ4v) is 1.67. The molecule has 16 heavy (non-hydrogen) atoms. The van der Waals surface area contributed by atoms with Gasteiger partial charge in [0.25, 0.3) is 5.56 Å². The summed E-state index contributed by atoms with van der Waals surface area (Å²) in [5, 5.41) is 0.656. The van der Waals surface area contributed by atoms with Crippen LogP contribution >= 0.6 is 11.6 Å². The molecule has 0 saturated carbocycles. The van der Waals surface area contributed by atoms with Gasteiger partial charge in [0, 0.05) is 17.5 Å². The van der Waals surface area contributed by atoms with Crippen molar-refractivity contribution in [3.8, 4) is 0 Å². The molecule has 0 atom stereocenters. The van der Waals surface area contributed by atoms with E-state index in [0.717, 1.165) is 5.56 Å². The molecule has 0 radical (unpaired) electrons. The molecule has 0 bridgehead atoms. The van der Waals surface area contributed by atoms with Crippen LogP contribution in [-0.2, 0) is 6.42 Å². The normalized spacial score (nSPS) is 10.3. The lowest BCUT2D eigenvalue weighted by atomic mass is 10.1. The van der Waals surface area contributed by atoms with Crippen molar-refractivity contribution in [3.05, 3.63) is 57.1 Å². The molecule has 0 aliphatic carbocycles. The van der Waals surface area contributed by atoms with E-state index in [1.807, 2.05) is 18.2 Å². The van der Waals surface area contributed by atoms with Crippen LogP contribution in [0, 0.1) is 0 Å². The first-order chi connectivity index (χ1) is 7.63. The van der Waals surface area contributed by atoms with Gasteiger partial charge in [0.05, 0.1) is 0 Å². The van der Waals surface area contributed by atoms with Crippen LogP contribution in [-0.4, -0.2) is 9.97 Å². The fraction of sp³-hybridized carbons (Fsp3) is 0.0909. The Morgan fingerprint density at radius 2 is 2.19 bits per heavy atom. The Labute approximate surface area is 97.1 Å². The smallest absolute Gasteiger partial charge is 0.252 e. The largest absolute Gasteiger partial charge is 0.383 e. The number of halogens is 1. The maximum Gasteiger partial charge on any atom is 0.252 e. The minimum Gasteiger partial charge on any atom is -0.383 e. The van der Waals surface area contributed by atoms with Crippen molar-refractivity contribution in [2.45, 2.75) is 6.42 Å². The van der Waals surface area contributed by atoms with E-state index in [1.165, 1.54) is 6.07 Å². The zero-order valence-corrected chi connectivity index (χ0v) is 9.16. The molecule has 2 rings (SSSR count). The molecule has 0 amide bonds. The molecule has 0 unspecified atom stereocenters. The van der Waals surface area contributed by atoms with Crippen LogP contribution in [0.2, 0.25) is 5.02 Å². The van der Waals surface area contributed by atoms with Crippen molar-refractivity contribution in [1.29, 1.82) is 0 Å². The molecule has 1 aromatic heterocycles. The monoisotopic (exact) mass is 235 g/mol. The fourth-order valence-electron chi connectivity index (χ4n) is 1.45. The minimum absolute atomic E-state index is 0.223. The quantitative estimate of drug-likeness (QED) is 0.831. The second-order valence-corrected chi connectivity index (χ2v) is 3.86. The summed E-state index contributed by atoms with van der Waals surface area (Å²) in [6, 6.07) is 8.63. The number of hydrogen-bond donors (Lipinski definition) is 2. The Balaban J connectivity index is 2.30. The predicted octanol–water partition coefficient (Wildman–Crippen LogP) is 1.60. The molecule has 3 N–H and O–H groups in total. The zero-order valence-electron chi connectivity index (χ0n) is 8.40. The standard InChI is InChI=1S/C11H10ClN3O/c12-8-3-1-2-7(4-8)5-10-14-9(13)6-11(16)15-10/h1-4,6H,5H2,(H3,13,14,15,16). The number of aromatic nitrogens is 2. The third-order valence-corrected chi connectivity index (χ3v) is 2.31. The maximum atomic E-state index is 11.2. The van der Waals surface area contributed by atoms with Crippen molar-refractivity contribution in [2.24, 2.45) is 0 Å². The van der Waals surface area contributed by atoms with Crippen LogP contribution in [0.4, 0.5) is 5.82 Å². The zero-order chi connectivity index (χ0) is 11.5. The van der Waals surface area contributed by atoms with Crippen LogP contribution in [0.3, 0.4) is 0 Å². The number of H-pyrrole nitrogens is 1. The Morgan fingerprint density at radius 1 is 1.38 bits per heavy atom. The molecule has 2 aromatic rings. The van der Waals surface area contributed by atoms with Gasteiger partial charge in [0.2, 0.25) is 0 Å².